The van der Waals surface area contributed by atoms with Gasteiger partial charge in [-0.1, -0.05) is 18.2 Å². The minimum Gasteiger partial charge on any atom is -0.487 e. The number of amides is 1. The Bertz CT molecular complexity index is 1020. The van der Waals surface area contributed by atoms with Gasteiger partial charge in [-0.15, -0.1) is 11.8 Å². The molecule has 1 aromatic heterocycles. The number of likely N-dealkylation sites (tertiary alicyclic amines) is 1. The van der Waals surface area contributed by atoms with Crippen LogP contribution in [-0.2, 0) is 10.5 Å². The topological polar surface area (TPSA) is 55.6 Å². The first-order chi connectivity index (χ1) is 15.1. The molecular formula is C23H22F2N2O3S. The summed E-state index contributed by atoms with van der Waals surface area (Å²) in [6.07, 6.45) is 2.65. The molecule has 0 N–H and O–H groups in total. The fourth-order valence-corrected chi connectivity index (χ4v) is 4.20. The Kier molecular flexibility index (Phi) is 6.86. The van der Waals surface area contributed by atoms with Gasteiger partial charge in [-0.05, 0) is 24.3 Å². The lowest BCUT2D eigenvalue weighted by atomic mass is 10.1. The van der Waals surface area contributed by atoms with Gasteiger partial charge in [-0.3, -0.25) is 4.79 Å². The number of aromatic nitrogens is 1. The van der Waals surface area contributed by atoms with E-state index in [4.69, 9.17) is 9.15 Å². The van der Waals surface area contributed by atoms with E-state index in [2.05, 4.69) is 4.98 Å². The first-order valence-electron chi connectivity index (χ1n) is 10.1. The Labute approximate surface area is 183 Å². The zero-order valence-electron chi connectivity index (χ0n) is 16.8. The largest absolute Gasteiger partial charge is 0.487 e. The van der Waals surface area contributed by atoms with Gasteiger partial charge in [-0.2, -0.15) is 0 Å². The number of piperidine rings is 1. The van der Waals surface area contributed by atoms with Crippen LogP contribution in [0.2, 0.25) is 0 Å². The van der Waals surface area contributed by atoms with Crippen LogP contribution >= 0.6 is 11.8 Å². The predicted molar refractivity (Wildman–Crippen MR) is 115 cm³/mol. The molecule has 1 saturated heterocycles. The summed E-state index contributed by atoms with van der Waals surface area (Å²) in [5.74, 6) is 0.273. The fourth-order valence-electron chi connectivity index (χ4n) is 3.39. The summed E-state index contributed by atoms with van der Waals surface area (Å²) in [6, 6.07) is 12.9. The van der Waals surface area contributed by atoms with Crippen LogP contribution < -0.4 is 4.74 Å². The number of ether oxygens (including phenoxy) is 1. The van der Waals surface area contributed by atoms with Crippen LogP contribution in [0.5, 0.6) is 5.75 Å². The van der Waals surface area contributed by atoms with Crippen molar-refractivity contribution in [2.24, 2.45) is 0 Å². The maximum absolute atomic E-state index is 13.7. The van der Waals surface area contributed by atoms with Crippen LogP contribution in [0.15, 0.2) is 59.2 Å². The highest BCUT2D eigenvalue weighted by Crippen LogP contribution is 2.24. The number of halogens is 2. The van der Waals surface area contributed by atoms with E-state index in [0.717, 1.165) is 17.3 Å². The van der Waals surface area contributed by atoms with E-state index in [-0.39, 0.29) is 17.8 Å². The molecule has 0 atom stereocenters. The highest BCUT2D eigenvalue weighted by Gasteiger charge is 2.24. The van der Waals surface area contributed by atoms with Crippen molar-refractivity contribution in [1.29, 1.82) is 0 Å². The lowest BCUT2D eigenvalue weighted by Crippen LogP contribution is -2.42. The minimum absolute atomic E-state index is 0.0456. The molecule has 0 unspecified atom stereocenters. The highest BCUT2D eigenvalue weighted by atomic mass is 32.2. The van der Waals surface area contributed by atoms with Crippen molar-refractivity contribution in [2.45, 2.75) is 24.7 Å². The van der Waals surface area contributed by atoms with Gasteiger partial charge in [0.05, 0.1) is 11.4 Å². The molecular weight excluding hydrogens is 422 g/mol. The van der Waals surface area contributed by atoms with Crippen LogP contribution in [0.1, 0.15) is 18.5 Å². The molecule has 3 aromatic rings. The number of benzene rings is 2. The van der Waals surface area contributed by atoms with Crippen LogP contribution in [0.4, 0.5) is 8.78 Å². The Morgan fingerprint density at radius 1 is 1.16 bits per heavy atom. The first-order valence-corrected chi connectivity index (χ1v) is 11.2. The summed E-state index contributed by atoms with van der Waals surface area (Å²) >= 11 is 1.49. The van der Waals surface area contributed by atoms with Crippen LogP contribution in [-0.4, -0.2) is 40.7 Å². The average Bonchev–Trinajstić information content (AvgIpc) is 3.26. The van der Waals surface area contributed by atoms with Crippen molar-refractivity contribution in [1.82, 2.24) is 9.88 Å². The molecule has 0 bridgehead atoms. The van der Waals surface area contributed by atoms with Gasteiger partial charge in [0.2, 0.25) is 11.8 Å². The maximum atomic E-state index is 13.7. The molecule has 0 radical (unpaired) electrons. The van der Waals surface area contributed by atoms with E-state index >= 15 is 0 Å². The second kappa shape index (κ2) is 9.96. The zero-order chi connectivity index (χ0) is 21.6. The Hall–Kier alpha value is -2.87. The summed E-state index contributed by atoms with van der Waals surface area (Å²) in [5, 5.41) is 0. The number of hydrogen-bond donors (Lipinski definition) is 0. The molecule has 4 rings (SSSR count). The van der Waals surface area contributed by atoms with Crippen molar-refractivity contribution in [3.05, 3.63) is 72.1 Å². The number of nitrogens with zero attached hydrogens (tertiary/aromatic N) is 2. The third-order valence-electron chi connectivity index (χ3n) is 5.03. The Morgan fingerprint density at radius 3 is 2.68 bits per heavy atom. The molecule has 31 heavy (non-hydrogen) atoms. The quantitative estimate of drug-likeness (QED) is 0.518. The lowest BCUT2D eigenvalue weighted by Gasteiger charge is -2.32. The van der Waals surface area contributed by atoms with Crippen molar-refractivity contribution >= 4 is 17.7 Å². The fraction of sp³-hybridized carbons (Fsp3) is 0.304. The van der Waals surface area contributed by atoms with Crippen molar-refractivity contribution in [3.8, 4) is 17.2 Å². The van der Waals surface area contributed by atoms with Crippen molar-refractivity contribution in [2.75, 3.05) is 18.8 Å². The monoisotopic (exact) mass is 444 g/mol. The third-order valence-corrected chi connectivity index (χ3v) is 5.98. The number of hydrogen-bond acceptors (Lipinski definition) is 5. The van der Waals surface area contributed by atoms with Crippen LogP contribution in [0, 0.1) is 11.6 Å². The summed E-state index contributed by atoms with van der Waals surface area (Å²) in [5.41, 5.74) is 1.71. The molecule has 1 amide bonds. The van der Waals surface area contributed by atoms with E-state index in [9.17, 15) is 13.6 Å². The second-order valence-electron chi connectivity index (χ2n) is 7.28. The van der Waals surface area contributed by atoms with E-state index in [1.807, 2.05) is 30.3 Å². The molecule has 2 aromatic carbocycles. The Morgan fingerprint density at radius 2 is 1.94 bits per heavy atom. The first kappa shape index (κ1) is 21.4. The van der Waals surface area contributed by atoms with Crippen LogP contribution in [0.3, 0.4) is 0 Å². The van der Waals surface area contributed by atoms with Crippen molar-refractivity contribution < 1.29 is 22.7 Å². The maximum Gasteiger partial charge on any atom is 0.232 e. The number of thioether (sulfide) groups is 1. The van der Waals surface area contributed by atoms with Gasteiger partial charge >= 0.3 is 0 Å². The van der Waals surface area contributed by atoms with E-state index < -0.39 is 11.6 Å². The lowest BCUT2D eigenvalue weighted by molar-refractivity contribution is -0.130. The number of carbonyl (C=O) groups excluding carboxylic acids is 1. The minimum atomic E-state index is -0.710. The average molecular weight is 445 g/mol. The number of oxazole rings is 1. The van der Waals surface area contributed by atoms with E-state index in [0.29, 0.717) is 43.3 Å². The molecule has 5 nitrogen and oxygen atoms in total. The SMILES string of the molecule is O=C(CSCc1coc(-c2ccccc2)n1)N1CCC(Oc2ccc(F)cc2F)CC1. The molecule has 2 heterocycles. The van der Waals surface area contributed by atoms with Gasteiger partial charge in [0, 0.05) is 43.3 Å². The zero-order valence-corrected chi connectivity index (χ0v) is 17.6. The normalized spacial score (nSPS) is 14.6. The number of carbonyl (C=O) groups is 1. The highest BCUT2D eigenvalue weighted by molar-refractivity contribution is 7.99. The van der Waals surface area contributed by atoms with Gasteiger partial charge in [0.25, 0.3) is 0 Å². The molecule has 0 saturated carbocycles. The smallest absolute Gasteiger partial charge is 0.232 e. The van der Waals surface area contributed by atoms with Crippen molar-refractivity contribution in [3.63, 3.8) is 0 Å². The number of rotatable bonds is 7. The molecule has 0 spiro atoms. The van der Waals surface area contributed by atoms with Gasteiger partial charge < -0.3 is 14.1 Å². The van der Waals surface area contributed by atoms with Gasteiger partial charge in [-0.25, -0.2) is 13.8 Å². The molecule has 1 aliphatic heterocycles. The summed E-state index contributed by atoms with van der Waals surface area (Å²) in [7, 11) is 0. The molecule has 1 fully saturated rings. The predicted octanol–water partition coefficient (Wildman–Crippen LogP) is 4.92. The summed E-state index contributed by atoms with van der Waals surface area (Å²) in [6.45, 7) is 1.10. The standard InChI is InChI=1S/C23H22F2N2O3S/c24-17-6-7-21(20(25)12-17)30-19-8-10-27(11-9-19)22(28)15-31-14-18-13-29-23(26-18)16-4-2-1-3-5-16/h1-7,12-13,19H,8-11,14-15H2. The molecule has 1 aliphatic rings. The van der Waals surface area contributed by atoms with E-state index in [1.54, 1.807) is 11.2 Å². The van der Waals surface area contributed by atoms with Crippen LogP contribution in [0.25, 0.3) is 11.5 Å². The third kappa shape index (κ3) is 5.64. The van der Waals surface area contributed by atoms with Gasteiger partial charge in [0.1, 0.15) is 18.2 Å². The van der Waals surface area contributed by atoms with E-state index in [1.165, 1.54) is 23.9 Å². The molecule has 0 aliphatic carbocycles. The second-order valence-corrected chi connectivity index (χ2v) is 8.26. The summed E-state index contributed by atoms with van der Waals surface area (Å²) < 4.78 is 37.9. The Balaban J connectivity index is 1.19. The summed E-state index contributed by atoms with van der Waals surface area (Å²) in [4.78, 5) is 18.8. The molecule has 162 valence electrons. The molecule has 8 heteroatoms. The van der Waals surface area contributed by atoms with Gasteiger partial charge in [0.15, 0.2) is 11.6 Å².